The number of ether oxygens (including phenoxy) is 2. The smallest absolute Gasteiger partial charge is 0.270 e. The van der Waals surface area contributed by atoms with Crippen molar-refractivity contribution in [3.05, 3.63) is 33.4 Å². The van der Waals surface area contributed by atoms with Crippen LogP contribution in [0, 0.1) is 10.1 Å². The monoisotopic (exact) mass is 280 g/mol. The fraction of sp³-hybridized carbons (Fsp3) is 0.571. The lowest BCUT2D eigenvalue weighted by Crippen LogP contribution is -2.21. The van der Waals surface area contributed by atoms with Crippen LogP contribution in [-0.2, 0) is 17.9 Å². The SMILES string of the molecule is CCCCN(C)Cc1cc([N+](=O)[O-])cc2c1OCOC2. The number of rotatable bonds is 6. The standard InChI is InChI=1S/C14H20N2O4/c1-3-4-5-15(2)8-11-6-13(16(17)18)7-12-9-19-10-20-14(11)12/h6-7H,3-5,8-10H2,1-2H3. The summed E-state index contributed by atoms with van der Waals surface area (Å²) < 4.78 is 10.7. The second-order valence-corrected chi connectivity index (χ2v) is 5.05. The minimum absolute atomic E-state index is 0.0942. The first-order valence-electron chi connectivity index (χ1n) is 6.81. The molecule has 0 unspecified atom stereocenters. The molecule has 20 heavy (non-hydrogen) atoms. The van der Waals surface area contributed by atoms with Crippen LogP contribution in [0.25, 0.3) is 0 Å². The number of unbranched alkanes of at least 4 members (excludes halogenated alkanes) is 1. The van der Waals surface area contributed by atoms with E-state index in [1.54, 1.807) is 6.07 Å². The van der Waals surface area contributed by atoms with E-state index in [2.05, 4.69) is 11.8 Å². The van der Waals surface area contributed by atoms with E-state index < -0.39 is 0 Å². The number of nitrogens with zero attached hydrogens (tertiary/aromatic N) is 2. The van der Waals surface area contributed by atoms with Crippen molar-refractivity contribution in [2.45, 2.75) is 32.9 Å². The van der Waals surface area contributed by atoms with Gasteiger partial charge in [0.1, 0.15) is 5.75 Å². The second-order valence-electron chi connectivity index (χ2n) is 5.05. The average Bonchev–Trinajstić information content (AvgIpc) is 2.44. The van der Waals surface area contributed by atoms with Crippen LogP contribution in [-0.4, -0.2) is 30.2 Å². The van der Waals surface area contributed by atoms with Gasteiger partial charge in [0.25, 0.3) is 5.69 Å². The highest BCUT2D eigenvalue weighted by Gasteiger charge is 2.21. The number of nitro groups is 1. The molecule has 0 radical (unpaired) electrons. The molecule has 0 fully saturated rings. The molecule has 0 saturated carbocycles. The van der Waals surface area contributed by atoms with Crippen molar-refractivity contribution in [2.75, 3.05) is 20.4 Å². The molecule has 0 aromatic heterocycles. The van der Waals surface area contributed by atoms with Crippen LogP contribution < -0.4 is 4.74 Å². The lowest BCUT2D eigenvalue weighted by atomic mass is 10.1. The lowest BCUT2D eigenvalue weighted by molar-refractivity contribution is -0.385. The molecule has 6 heteroatoms. The Hall–Kier alpha value is -1.66. The molecule has 0 aliphatic carbocycles. The summed E-state index contributed by atoms with van der Waals surface area (Å²) >= 11 is 0. The highest BCUT2D eigenvalue weighted by molar-refractivity contribution is 5.50. The molecule has 1 aromatic rings. The quantitative estimate of drug-likeness (QED) is 0.592. The Labute approximate surface area is 118 Å². The third kappa shape index (κ3) is 3.46. The van der Waals surface area contributed by atoms with Crippen molar-refractivity contribution >= 4 is 5.69 Å². The van der Waals surface area contributed by atoms with Gasteiger partial charge in [0.05, 0.1) is 11.5 Å². The van der Waals surface area contributed by atoms with Crippen molar-refractivity contribution in [2.24, 2.45) is 0 Å². The molecule has 6 nitrogen and oxygen atoms in total. The minimum atomic E-state index is -0.371. The van der Waals surface area contributed by atoms with Crippen LogP contribution in [0.4, 0.5) is 5.69 Å². The number of hydrogen-bond donors (Lipinski definition) is 0. The molecule has 0 amide bonds. The van der Waals surface area contributed by atoms with Crippen LogP contribution >= 0.6 is 0 Å². The summed E-state index contributed by atoms with van der Waals surface area (Å²) in [6.07, 6.45) is 2.24. The van der Waals surface area contributed by atoms with Crippen molar-refractivity contribution in [1.29, 1.82) is 0 Å². The average molecular weight is 280 g/mol. The Kier molecular flexibility index (Phi) is 4.92. The molecule has 1 aliphatic rings. The van der Waals surface area contributed by atoms with E-state index >= 15 is 0 Å². The fourth-order valence-corrected chi connectivity index (χ4v) is 2.30. The normalized spacial score (nSPS) is 13.9. The number of fused-ring (bicyclic) bond motifs is 1. The maximum atomic E-state index is 11.0. The van der Waals surface area contributed by atoms with Crippen molar-refractivity contribution < 1.29 is 14.4 Å². The maximum Gasteiger partial charge on any atom is 0.270 e. The number of non-ortho nitro benzene ring substituents is 1. The molecule has 1 aliphatic heterocycles. The van der Waals surface area contributed by atoms with Gasteiger partial charge in [-0.05, 0) is 20.0 Å². The van der Waals surface area contributed by atoms with Crippen molar-refractivity contribution in [1.82, 2.24) is 4.90 Å². The molecular formula is C14H20N2O4. The van der Waals surface area contributed by atoms with E-state index in [0.29, 0.717) is 13.2 Å². The summed E-state index contributed by atoms with van der Waals surface area (Å²) in [5, 5.41) is 11.0. The molecule has 1 aromatic carbocycles. The molecule has 0 saturated heterocycles. The Morgan fingerprint density at radius 3 is 2.95 bits per heavy atom. The van der Waals surface area contributed by atoms with E-state index in [9.17, 15) is 10.1 Å². The predicted octanol–water partition coefficient (Wildman–Crippen LogP) is 2.69. The number of hydrogen-bond acceptors (Lipinski definition) is 5. The molecular weight excluding hydrogens is 260 g/mol. The molecule has 2 rings (SSSR count). The third-order valence-electron chi connectivity index (χ3n) is 3.32. The summed E-state index contributed by atoms with van der Waals surface area (Å²) in [7, 11) is 2.01. The van der Waals surface area contributed by atoms with Crippen LogP contribution in [0.2, 0.25) is 0 Å². The first-order chi connectivity index (χ1) is 9.61. The van der Waals surface area contributed by atoms with Gasteiger partial charge >= 0.3 is 0 Å². The van der Waals surface area contributed by atoms with Gasteiger partial charge in [-0.25, -0.2) is 0 Å². The van der Waals surface area contributed by atoms with Gasteiger partial charge in [0, 0.05) is 29.8 Å². The van der Waals surface area contributed by atoms with E-state index in [0.717, 1.165) is 36.3 Å². The molecule has 0 spiro atoms. The largest absolute Gasteiger partial charge is 0.467 e. The van der Waals surface area contributed by atoms with Gasteiger partial charge in [-0.1, -0.05) is 13.3 Å². The summed E-state index contributed by atoms with van der Waals surface area (Å²) in [5.74, 6) is 0.741. The van der Waals surface area contributed by atoms with E-state index in [1.165, 1.54) is 6.07 Å². The molecule has 110 valence electrons. The van der Waals surface area contributed by atoms with Crippen LogP contribution in [0.1, 0.15) is 30.9 Å². The highest BCUT2D eigenvalue weighted by atomic mass is 16.7. The Morgan fingerprint density at radius 2 is 2.25 bits per heavy atom. The van der Waals surface area contributed by atoms with Crippen molar-refractivity contribution in [3.63, 3.8) is 0 Å². The Balaban J connectivity index is 2.25. The summed E-state index contributed by atoms with van der Waals surface area (Å²) in [4.78, 5) is 12.8. The first-order valence-corrected chi connectivity index (χ1v) is 6.81. The summed E-state index contributed by atoms with van der Waals surface area (Å²) in [6, 6.07) is 3.14. The van der Waals surface area contributed by atoms with Gasteiger partial charge in [-0.2, -0.15) is 0 Å². The van der Waals surface area contributed by atoms with Crippen LogP contribution in [0.15, 0.2) is 12.1 Å². The number of nitro benzene ring substituents is 1. The first kappa shape index (κ1) is 14.7. The van der Waals surface area contributed by atoms with E-state index in [4.69, 9.17) is 9.47 Å². The number of benzene rings is 1. The second kappa shape index (κ2) is 6.67. The van der Waals surface area contributed by atoms with Gasteiger partial charge in [-0.15, -0.1) is 0 Å². The fourth-order valence-electron chi connectivity index (χ4n) is 2.30. The summed E-state index contributed by atoms with van der Waals surface area (Å²) in [5.41, 5.74) is 1.71. The van der Waals surface area contributed by atoms with E-state index in [1.807, 2.05) is 7.05 Å². The third-order valence-corrected chi connectivity index (χ3v) is 3.32. The molecule has 1 heterocycles. The summed E-state index contributed by atoms with van der Waals surface area (Å²) in [6.45, 7) is 4.32. The molecule has 0 N–H and O–H groups in total. The van der Waals surface area contributed by atoms with Crippen LogP contribution in [0.5, 0.6) is 5.75 Å². The Bertz CT molecular complexity index is 490. The maximum absolute atomic E-state index is 11.0. The zero-order valence-electron chi connectivity index (χ0n) is 11.9. The molecule has 0 atom stereocenters. The predicted molar refractivity (Wildman–Crippen MR) is 74.6 cm³/mol. The minimum Gasteiger partial charge on any atom is -0.467 e. The van der Waals surface area contributed by atoms with E-state index in [-0.39, 0.29) is 17.4 Å². The lowest BCUT2D eigenvalue weighted by Gasteiger charge is -2.23. The highest BCUT2D eigenvalue weighted by Crippen LogP contribution is 2.33. The topological polar surface area (TPSA) is 64.8 Å². The van der Waals surface area contributed by atoms with Crippen LogP contribution in [0.3, 0.4) is 0 Å². The molecule has 0 bridgehead atoms. The zero-order valence-corrected chi connectivity index (χ0v) is 11.9. The van der Waals surface area contributed by atoms with Gasteiger partial charge < -0.3 is 14.4 Å². The zero-order chi connectivity index (χ0) is 14.5. The Morgan fingerprint density at radius 1 is 1.45 bits per heavy atom. The van der Waals surface area contributed by atoms with Gasteiger partial charge in [-0.3, -0.25) is 10.1 Å². The van der Waals surface area contributed by atoms with Gasteiger partial charge in [0.2, 0.25) is 0 Å². The van der Waals surface area contributed by atoms with Crippen molar-refractivity contribution in [3.8, 4) is 5.75 Å². The van der Waals surface area contributed by atoms with Gasteiger partial charge in [0.15, 0.2) is 6.79 Å².